The highest BCUT2D eigenvalue weighted by Crippen LogP contribution is 2.42. The first-order chi connectivity index (χ1) is 14.2. The van der Waals surface area contributed by atoms with Gasteiger partial charge in [0, 0.05) is 40.8 Å². The second-order valence-corrected chi connectivity index (χ2v) is 6.46. The van der Waals surface area contributed by atoms with E-state index < -0.39 is 0 Å². The number of aromatic nitrogens is 2. The van der Waals surface area contributed by atoms with Crippen LogP contribution < -0.4 is 25.1 Å². The van der Waals surface area contributed by atoms with Crippen molar-refractivity contribution in [3.05, 3.63) is 64.6 Å². The summed E-state index contributed by atoms with van der Waals surface area (Å²) in [7, 11) is 4.65. The number of rotatable bonds is 6. The highest BCUT2D eigenvalue weighted by atomic mass is 16.5. The molecule has 4 rings (SSSR count). The maximum atomic E-state index is 12.7. The molecule has 0 fully saturated rings. The lowest BCUT2D eigenvalue weighted by Crippen LogP contribution is -2.16. The van der Waals surface area contributed by atoms with E-state index in [0.29, 0.717) is 34.9 Å². The number of hydrogen-bond donors (Lipinski definition) is 2. The summed E-state index contributed by atoms with van der Waals surface area (Å²) in [5.41, 5.74) is 2.81. The van der Waals surface area contributed by atoms with Gasteiger partial charge in [-0.05, 0) is 30.3 Å². The smallest absolute Gasteiger partial charge is 0.253 e. The predicted molar refractivity (Wildman–Crippen MR) is 113 cm³/mol. The van der Waals surface area contributed by atoms with Crippen LogP contribution in [0.15, 0.2) is 53.5 Å². The van der Waals surface area contributed by atoms with E-state index in [9.17, 15) is 4.79 Å². The third-order valence-corrected chi connectivity index (χ3v) is 4.84. The van der Waals surface area contributed by atoms with Crippen LogP contribution in [-0.2, 0) is 6.54 Å². The number of anilines is 1. The molecule has 0 saturated carbocycles. The maximum Gasteiger partial charge on any atom is 0.253 e. The monoisotopic (exact) mass is 391 g/mol. The van der Waals surface area contributed by atoms with Gasteiger partial charge in [-0.15, -0.1) is 0 Å². The van der Waals surface area contributed by atoms with Crippen LogP contribution in [0.3, 0.4) is 0 Å². The van der Waals surface area contributed by atoms with Crippen molar-refractivity contribution < 1.29 is 14.2 Å². The lowest BCUT2D eigenvalue weighted by atomic mass is 10.1. The zero-order valence-electron chi connectivity index (χ0n) is 16.4. The summed E-state index contributed by atoms with van der Waals surface area (Å²) in [5, 5.41) is 5.07. The van der Waals surface area contributed by atoms with Crippen LogP contribution in [0.25, 0.3) is 21.8 Å². The van der Waals surface area contributed by atoms with Crippen molar-refractivity contribution in [2.45, 2.75) is 6.54 Å². The van der Waals surface area contributed by atoms with Crippen molar-refractivity contribution >= 4 is 27.5 Å². The Labute approximate surface area is 167 Å². The number of H-pyrrole nitrogens is 1. The molecule has 7 heteroatoms. The van der Waals surface area contributed by atoms with Gasteiger partial charge in [-0.1, -0.05) is 6.07 Å². The molecule has 0 bridgehead atoms. The maximum absolute atomic E-state index is 12.7. The fourth-order valence-corrected chi connectivity index (χ4v) is 3.45. The Morgan fingerprint density at radius 2 is 1.79 bits per heavy atom. The van der Waals surface area contributed by atoms with E-state index in [1.54, 1.807) is 33.6 Å². The Bertz CT molecular complexity index is 1240. The summed E-state index contributed by atoms with van der Waals surface area (Å²) < 4.78 is 16.4. The molecule has 29 heavy (non-hydrogen) atoms. The van der Waals surface area contributed by atoms with Crippen LogP contribution in [0.4, 0.5) is 5.69 Å². The molecule has 0 aliphatic carbocycles. The number of aromatic amines is 1. The summed E-state index contributed by atoms with van der Waals surface area (Å²) in [5.74, 6) is 1.48. The Balaban J connectivity index is 1.76. The van der Waals surface area contributed by atoms with E-state index >= 15 is 0 Å². The molecule has 0 spiro atoms. The molecule has 4 aromatic rings. The van der Waals surface area contributed by atoms with Gasteiger partial charge in [0.05, 0.1) is 32.4 Å². The summed E-state index contributed by atoms with van der Waals surface area (Å²) in [4.78, 5) is 19.9. The van der Waals surface area contributed by atoms with Crippen LogP contribution in [0.5, 0.6) is 17.2 Å². The van der Waals surface area contributed by atoms with E-state index in [0.717, 1.165) is 22.0 Å². The summed E-state index contributed by atoms with van der Waals surface area (Å²) in [6.07, 6.45) is 1.76. The molecule has 0 amide bonds. The molecule has 0 saturated heterocycles. The van der Waals surface area contributed by atoms with E-state index in [4.69, 9.17) is 14.2 Å². The van der Waals surface area contributed by atoms with Crippen molar-refractivity contribution in [3.8, 4) is 17.2 Å². The molecule has 2 N–H and O–H groups in total. The summed E-state index contributed by atoms with van der Waals surface area (Å²) in [6, 6.07) is 13.3. The minimum atomic E-state index is -0.183. The lowest BCUT2D eigenvalue weighted by molar-refractivity contribution is 0.327. The van der Waals surface area contributed by atoms with Crippen LogP contribution >= 0.6 is 0 Å². The van der Waals surface area contributed by atoms with Gasteiger partial charge in [0.1, 0.15) is 0 Å². The largest absolute Gasteiger partial charge is 0.493 e. The van der Waals surface area contributed by atoms with Crippen molar-refractivity contribution in [1.82, 2.24) is 9.97 Å². The molecule has 7 nitrogen and oxygen atoms in total. The Morgan fingerprint density at radius 3 is 2.55 bits per heavy atom. The molecule has 0 aliphatic rings. The number of hydrogen-bond acceptors (Lipinski definition) is 6. The fraction of sp³-hybridized carbons (Fsp3) is 0.182. The van der Waals surface area contributed by atoms with Crippen molar-refractivity contribution in [2.24, 2.45) is 0 Å². The first-order valence-electron chi connectivity index (χ1n) is 9.08. The van der Waals surface area contributed by atoms with Crippen molar-refractivity contribution in [3.63, 3.8) is 0 Å². The Hall–Kier alpha value is -3.74. The van der Waals surface area contributed by atoms with Crippen molar-refractivity contribution in [1.29, 1.82) is 0 Å². The highest BCUT2D eigenvalue weighted by molar-refractivity contribution is 5.92. The van der Waals surface area contributed by atoms with Gasteiger partial charge in [0.2, 0.25) is 5.75 Å². The third-order valence-electron chi connectivity index (χ3n) is 4.84. The topological polar surface area (TPSA) is 85.5 Å². The molecular weight excluding hydrogens is 370 g/mol. The SMILES string of the molecule is COc1cc2[nH]c(=O)c(CNc3cccc4ncccc34)cc2c(OC)c1OC. The molecule has 148 valence electrons. The van der Waals surface area contributed by atoms with Gasteiger partial charge in [-0.25, -0.2) is 0 Å². The second kappa shape index (κ2) is 7.71. The normalized spacial score (nSPS) is 10.9. The minimum absolute atomic E-state index is 0.183. The van der Waals surface area contributed by atoms with Crippen LogP contribution in [0, 0.1) is 0 Å². The quantitative estimate of drug-likeness (QED) is 0.521. The summed E-state index contributed by atoms with van der Waals surface area (Å²) in [6.45, 7) is 0.344. The Morgan fingerprint density at radius 1 is 0.966 bits per heavy atom. The molecule has 0 atom stereocenters. The third kappa shape index (κ3) is 3.31. The van der Waals surface area contributed by atoms with Gasteiger partial charge >= 0.3 is 0 Å². The van der Waals surface area contributed by atoms with E-state index in [-0.39, 0.29) is 5.56 Å². The number of fused-ring (bicyclic) bond motifs is 2. The van der Waals surface area contributed by atoms with Gasteiger partial charge < -0.3 is 24.5 Å². The number of nitrogens with zero attached hydrogens (tertiary/aromatic N) is 1. The van der Waals surface area contributed by atoms with Crippen LogP contribution in [0.2, 0.25) is 0 Å². The molecule has 0 radical (unpaired) electrons. The van der Waals surface area contributed by atoms with Gasteiger partial charge in [-0.3, -0.25) is 9.78 Å². The minimum Gasteiger partial charge on any atom is -0.493 e. The Kier molecular flexibility index (Phi) is 4.95. The zero-order valence-corrected chi connectivity index (χ0v) is 16.4. The fourth-order valence-electron chi connectivity index (χ4n) is 3.45. The van der Waals surface area contributed by atoms with E-state index in [2.05, 4.69) is 15.3 Å². The first kappa shape index (κ1) is 18.6. The summed E-state index contributed by atoms with van der Waals surface area (Å²) >= 11 is 0. The van der Waals surface area contributed by atoms with Gasteiger partial charge in [0.15, 0.2) is 11.5 Å². The van der Waals surface area contributed by atoms with Crippen LogP contribution in [-0.4, -0.2) is 31.3 Å². The lowest BCUT2D eigenvalue weighted by Gasteiger charge is -2.15. The van der Waals surface area contributed by atoms with Crippen LogP contribution in [0.1, 0.15) is 5.56 Å². The average molecular weight is 391 g/mol. The average Bonchev–Trinajstić information content (AvgIpc) is 2.76. The van der Waals surface area contributed by atoms with Crippen molar-refractivity contribution in [2.75, 3.05) is 26.6 Å². The standard InChI is InChI=1S/C22H21N3O4/c1-27-19-11-18-15(20(28-2)21(19)29-3)10-13(22(26)25-18)12-24-17-8-4-7-16-14(17)6-5-9-23-16/h4-11,24H,12H2,1-3H3,(H,25,26). The molecule has 2 heterocycles. The molecule has 0 aliphatic heterocycles. The number of nitrogens with one attached hydrogen (secondary N) is 2. The van der Waals surface area contributed by atoms with E-state index in [1.807, 2.05) is 36.4 Å². The predicted octanol–water partition coefficient (Wildman–Crippen LogP) is 3.71. The number of pyridine rings is 2. The van der Waals surface area contributed by atoms with Gasteiger partial charge in [0.25, 0.3) is 5.56 Å². The number of ether oxygens (including phenoxy) is 3. The molecular formula is C22H21N3O4. The zero-order chi connectivity index (χ0) is 20.4. The first-order valence-corrected chi connectivity index (χ1v) is 9.08. The second-order valence-electron chi connectivity index (χ2n) is 6.46. The van der Waals surface area contributed by atoms with Gasteiger partial charge in [-0.2, -0.15) is 0 Å². The molecule has 0 unspecified atom stereocenters. The number of benzene rings is 2. The molecule has 2 aromatic carbocycles. The highest BCUT2D eigenvalue weighted by Gasteiger charge is 2.17. The number of methoxy groups -OCH3 is 3. The molecule has 2 aromatic heterocycles. The van der Waals surface area contributed by atoms with E-state index in [1.165, 1.54) is 0 Å².